The summed E-state index contributed by atoms with van der Waals surface area (Å²) < 4.78 is 18.5. The molecule has 0 aliphatic carbocycles. The molecule has 1 unspecified atom stereocenters. The zero-order valence-electron chi connectivity index (χ0n) is 9.16. The van der Waals surface area contributed by atoms with E-state index in [2.05, 4.69) is 5.43 Å². The molecule has 1 heterocycles. The lowest BCUT2D eigenvalue weighted by Gasteiger charge is -2.19. The highest BCUT2D eigenvalue weighted by Gasteiger charge is 2.21. The van der Waals surface area contributed by atoms with E-state index in [9.17, 15) is 4.39 Å². The van der Waals surface area contributed by atoms with Gasteiger partial charge in [-0.05, 0) is 36.3 Å². The first kappa shape index (κ1) is 11.1. The lowest BCUT2D eigenvalue weighted by Crippen LogP contribution is -2.30. The van der Waals surface area contributed by atoms with Gasteiger partial charge in [0.15, 0.2) is 0 Å². The average Bonchev–Trinajstić information content (AvgIpc) is 2.75. The second-order valence-corrected chi connectivity index (χ2v) is 3.84. The average molecular weight is 222 g/mol. The van der Waals surface area contributed by atoms with Gasteiger partial charge in [0, 0.05) is 6.42 Å². The van der Waals surface area contributed by atoms with Crippen molar-refractivity contribution in [1.29, 1.82) is 0 Å². The Morgan fingerprint density at radius 1 is 1.50 bits per heavy atom. The molecule has 0 amide bonds. The van der Waals surface area contributed by atoms with Crippen LogP contribution < -0.4 is 11.3 Å². The van der Waals surface area contributed by atoms with Crippen molar-refractivity contribution in [1.82, 2.24) is 5.43 Å². The lowest BCUT2D eigenvalue weighted by atomic mass is 10.00. The Kier molecular flexibility index (Phi) is 3.22. The SMILES string of the molecule is Cc1cc(F)ccc1C(NN)C1=CCCO1. The monoisotopic (exact) mass is 222 g/mol. The molecule has 0 aromatic heterocycles. The van der Waals surface area contributed by atoms with Crippen LogP contribution in [-0.2, 0) is 4.74 Å². The molecule has 2 rings (SSSR count). The molecular formula is C12H15FN2O. The van der Waals surface area contributed by atoms with Gasteiger partial charge >= 0.3 is 0 Å². The van der Waals surface area contributed by atoms with Gasteiger partial charge in [-0.1, -0.05) is 6.07 Å². The van der Waals surface area contributed by atoms with Crippen LogP contribution in [0.15, 0.2) is 30.0 Å². The number of halogens is 1. The van der Waals surface area contributed by atoms with E-state index in [0.717, 1.165) is 23.3 Å². The molecule has 3 nitrogen and oxygen atoms in total. The predicted molar refractivity (Wildman–Crippen MR) is 59.9 cm³/mol. The minimum Gasteiger partial charge on any atom is -0.496 e. The number of hydrogen-bond acceptors (Lipinski definition) is 3. The van der Waals surface area contributed by atoms with E-state index in [0.29, 0.717) is 6.61 Å². The molecule has 1 aromatic rings. The smallest absolute Gasteiger partial charge is 0.123 e. The fourth-order valence-electron chi connectivity index (χ4n) is 1.93. The van der Waals surface area contributed by atoms with Crippen LogP contribution in [0.5, 0.6) is 0 Å². The molecule has 4 heteroatoms. The molecule has 0 spiro atoms. The number of hydrogen-bond donors (Lipinski definition) is 2. The Hall–Kier alpha value is -1.39. The Balaban J connectivity index is 2.32. The maximum atomic E-state index is 13.0. The molecular weight excluding hydrogens is 207 g/mol. The van der Waals surface area contributed by atoms with E-state index in [1.807, 2.05) is 13.0 Å². The summed E-state index contributed by atoms with van der Waals surface area (Å²) >= 11 is 0. The van der Waals surface area contributed by atoms with Crippen LogP contribution in [0.25, 0.3) is 0 Å². The number of nitrogens with two attached hydrogens (primary N) is 1. The van der Waals surface area contributed by atoms with Crippen LogP contribution in [0, 0.1) is 12.7 Å². The van der Waals surface area contributed by atoms with Crippen molar-refractivity contribution in [3.05, 3.63) is 47.0 Å². The third-order valence-electron chi connectivity index (χ3n) is 2.73. The normalized spacial score (nSPS) is 16.8. The molecule has 16 heavy (non-hydrogen) atoms. The van der Waals surface area contributed by atoms with Gasteiger partial charge in [0.2, 0.25) is 0 Å². The Bertz CT molecular complexity index is 417. The van der Waals surface area contributed by atoms with Gasteiger partial charge in [-0.3, -0.25) is 5.84 Å². The van der Waals surface area contributed by atoms with E-state index >= 15 is 0 Å². The van der Waals surface area contributed by atoms with Crippen molar-refractivity contribution >= 4 is 0 Å². The molecule has 86 valence electrons. The van der Waals surface area contributed by atoms with E-state index in [-0.39, 0.29) is 11.9 Å². The van der Waals surface area contributed by atoms with Crippen molar-refractivity contribution in [2.24, 2.45) is 5.84 Å². The third-order valence-corrected chi connectivity index (χ3v) is 2.73. The summed E-state index contributed by atoms with van der Waals surface area (Å²) in [7, 11) is 0. The zero-order chi connectivity index (χ0) is 11.5. The first-order valence-electron chi connectivity index (χ1n) is 5.27. The Labute approximate surface area is 94.1 Å². The molecule has 1 aliphatic rings. The number of aryl methyl sites for hydroxylation is 1. The van der Waals surface area contributed by atoms with Gasteiger partial charge in [0.05, 0.1) is 6.61 Å². The number of rotatable bonds is 3. The van der Waals surface area contributed by atoms with Gasteiger partial charge in [-0.25, -0.2) is 9.82 Å². The molecule has 1 aliphatic heterocycles. The highest BCUT2D eigenvalue weighted by molar-refractivity contribution is 5.34. The van der Waals surface area contributed by atoms with Crippen LogP contribution in [-0.4, -0.2) is 6.61 Å². The van der Waals surface area contributed by atoms with E-state index in [1.165, 1.54) is 12.1 Å². The summed E-state index contributed by atoms with van der Waals surface area (Å²) in [5.74, 6) is 6.11. The molecule has 0 fully saturated rings. The zero-order valence-corrected chi connectivity index (χ0v) is 9.16. The molecule has 0 radical (unpaired) electrons. The van der Waals surface area contributed by atoms with Gasteiger partial charge in [-0.2, -0.15) is 0 Å². The second-order valence-electron chi connectivity index (χ2n) is 3.84. The highest BCUT2D eigenvalue weighted by atomic mass is 19.1. The summed E-state index contributed by atoms with van der Waals surface area (Å²) in [6.45, 7) is 2.55. The summed E-state index contributed by atoms with van der Waals surface area (Å²) in [5.41, 5.74) is 4.51. The summed E-state index contributed by atoms with van der Waals surface area (Å²) in [6.07, 6.45) is 2.90. The molecule has 0 saturated carbocycles. The summed E-state index contributed by atoms with van der Waals surface area (Å²) in [5, 5.41) is 0. The number of ether oxygens (including phenoxy) is 1. The number of benzene rings is 1. The van der Waals surface area contributed by atoms with Crippen LogP contribution in [0.1, 0.15) is 23.6 Å². The second kappa shape index (κ2) is 4.63. The lowest BCUT2D eigenvalue weighted by molar-refractivity contribution is 0.215. The molecule has 1 aromatic carbocycles. The molecule has 0 saturated heterocycles. The number of nitrogens with one attached hydrogen (secondary N) is 1. The van der Waals surface area contributed by atoms with Crippen LogP contribution in [0.2, 0.25) is 0 Å². The van der Waals surface area contributed by atoms with Crippen molar-refractivity contribution < 1.29 is 9.13 Å². The maximum Gasteiger partial charge on any atom is 0.123 e. The summed E-state index contributed by atoms with van der Waals surface area (Å²) in [6, 6.07) is 4.47. The summed E-state index contributed by atoms with van der Waals surface area (Å²) in [4.78, 5) is 0. The molecule has 3 N–H and O–H groups in total. The highest BCUT2D eigenvalue weighted by Crippen LogP contribution is 2.28. The quantitative estimate of drug-likeness (QED) is 0.607. The molecule has 0 bridgehead atoms. The van der Waals surface area contributed by atoms with E-state index < -0.39 is 0 Å². The van der Waals surface area contributed by atoms with Gasteiger partial charge in [-0.15, -0.1) is 0 Å². The minimum absolute atomic E-state index is 0.192. The fraction of sp³-hybridized carbons (Fsp3) is 0.333. The van der Waals surface area contributed by atoms with Gasteiger partial charge in [0.25, 0.3) is 0 Å². The van der Waals surface area contributed by atoms with Crippen molar-refractivity contribution in [2.45, 2.75) is 19.4 Å². The fourth-order valence-corrected chi connectivity index (χ4v) is 1.93. The van der Waals surface area contributed by atoms with Crippen molar-refractivity contribution in [3.8, 4) is 0 Å². The first-order chi connectivity index (χ1) is 7.72. The van der Waals surface area contributed by atoms with Crippen LogP contribution in [0.3, 0.4) is 0 Å². The van der Waals surface area contributed by atoms with E-state index in [1.54, 1.807) is 6.07 Å². The largest absolute Gasteiger partial charge is 0.496 e. The molecule has 1 atom stereocenters. The number of hydrazine groups is 1. The van der Waals surface area contributed by atoms with Crippen LogP contribution in [0.4, 0.5) is 4.39 Å². The Morgan fingerprint density at radius 2 is 2.31 bits per heavy atom. The third kappa shape index (κ3) is 2.08. The van der Waals surface area contributed by atoms with Crippen molar-refractivity contribution in [2.75, 3.05) is 6.61 Å². The Morgan fingerprint density at radius 3 is 2.88 bits per heavy atom. The minimum atomic E-state index is -0.238. The predicted octanol–water partition coefficient (Wildman–Crippen LogP) is 1.94. The topological polar surface area (TPSA) is 47.3 Å². The van der Waals surface area contributed by atoms with E-state index in [4.69, 9.17) is 10.6 Å². The first-order valence-corrected chi connectivity index (χ1v) is 5.27. The van der Waals surface area contributed by atoms with Crippen LogP contribution >= 0.6 is 0 Å². The maximum absolute atomic E-state index is 13.0. The standard InChI is InChI=1S/C12H15FN2O/c1-8-7-9(13)4-5-10(8)12(15-14)11-3-2-6-16-11/h3-5,7,12,15H,2,6,14H2,1H3. The van der Waals surface area contributed by atoms with Gasteiger partial charge in [0.1, 0.15) is 17.6 Å². The van der Waals surface area contributed by atoms with Gasteiger partial charge < -0.3 is 4.74 Å². The van der Waals surface area contributed by atoms with Crippen molar-refractivity contribution in [3.63, 3.8) is 0 Å².